The van der Waals surface area contributed by atoms with Gasteiger partial charge in [0.1, 0.15) is 0 Å². The SMILES string of the molecule is N[C@@H]1CCN[C@H](C2CC2)C1. The minimum Gasteiger partial charge on any atom is -0.328 e. The molecule has 2 heteroatoms. The van der Waals surface area contributed by atoms with Crippen LogP contribution >= 0.6 is 0 Å². The van der Waals surface area contributed by atoms with Crippen molar-refractivity contribution in [2.75, 3.05) is 6.54 Å². The lowest BCUT2D eigenvalue weighted by atomic mass is 9.97. The molecule has 2 nitrogen and oxygen atoms in total. The van der Waals surface area contributed by atoms with E-state index in [9.17, 15) is 0 Å². The number of nitrogens with two attached hydrogens (primary N) is 1. The predicted molar refractivity (Wildman–Crippen MR) is 41.7 cm³/mol. The second-order valence-corrected chi connectivity index (χ2v) is 3.68. The maximum Gasteiger partial charge on any atom is 0.0110 e. The molecule has 2 rings (SSSR count). The van der Waals surface area contributed by atoms with Crippen molar-refractivity contribution in [1.82, 2.24) is 5.32 Å². The van der Waals surface area contributed by atoms with Crippen molar-refractivity contribution in [2.24, 2.45) is 11.7 Å². The molecular weight excluding hydrogens is 124 g/mol. The van der Waals surface area contributed by atoms with Gasteiger partial charge in [-0.25, -0.2) is 0 Å². The zero-order chi connectivity index (χ0) is 6.97. The zero-order valence-electron chi connectivity index (χ0n) is 6.34. The van der Waals surface area contributed by atoms with Crippen LogP contribution in [-0.4, -0.2) is 18.6 Å². The van der Waals surface area contributed by atoms with E-state index in [4.69, 9.17) is 5.73 Å². The van der Waals surface area contributed by atoms with Gasteiger partial charge in [0.2, 0.25) is 0 Å². The third-order valence-corrected chi connectivity index (χ3v) is 2.67. The van der Waals surface area contributed by atoms with Crippen LogP contribution in [0.2, 0.25) is 0 Å². The van der Waals surface area contributed by atoms with Gasteiger partial charge in [0.15, 0.2) is 0 Å². The van der Waals surface area contributed by atoms with Gasteiger partial charge in [0, 0.05) is 12.1 Å². The topological polar surface area (TPSA) is 38.0 Å². The molecule has 3 N–H and O–H groups in total. The van der Waals surface area contributed by atoms with Gasteiger partial charge in [-0.15, -0.1) is 0 Å². The monoisotopic (exact) mass is 140 g/mol. The second kappa shape index (κ2) is 2.51. The maximum atomic E-state index is 5.85. The fourth-order valence-corrected chi connectivity index (χ4v) is 1.84. The molecule has 0 amide bonds. The molecule has 2 fully saturated rings. The van der Waals surface area contributed by atoms with Crippen LogP contribution in [0.1, 0.15) is 25.7 Å². The number of nitrogens with one attached hydrogen (secondary N) is 1. The first-order chi connectivity index (χ1) is 4.86. The highest BCUT2D eigenvalue weighted by Gasteiger charge is 2.33. The number of piperidine rings is 1. The van der Waals surface area contributed by atoms with Crippen molar-refractivity contribution < 1.29 is 0 Å². The highest BCUT2D eigenvalue weighted by atomic mass is 15.0. The smallest absolute Gasteiger partial charge is 0.0110 e. The first kappa shape index (κ1) is 6.62. The molecule has 0 radical (unpaired) electrons. The van der Waals surface area contributed by atoms with Crippen molar-refractivity contribution in [1.29, 1.82) is 0 Å². The first-order valence-corrected chi connectivity index (χ1v) is 4.35. The molecule has 0 unspecified atom stereocenters. The predicted octanol–water partition coefficient (Wildman–Crippen LogP) is 0.476. The minimum atomic E-state index is 0.479. The average Bonchev–Trinajstić information content (AvgIpc) is 2.68. The Bertz CT molecular complexity index is 120. The lowest BCUT2D eigenvalue weighted by molar-refractivity contribution is 0.334. The van der Waals surface area contributed by atoms with Gasteiger partial charge >= 0.3 is 0 Å². The van der Waals surface area contributed by atoms with E-state index in [1.54, 1.807) is 0 Å². The average molecular weight is 140 g/mol. The fourth-order valence-electron chi connectivity index (χ4n) is 1.84. The molecule has 1 heterocycles. The molecular formula is C8H16N2. The summed E-state index contributed by atoms with van der Waals surface area (Å²) in [6.45, 7) is 1.14. The van der Waals surface area contributed by atoms with E-state index in [1.807, 2.05) is 0 Å². The second-order valence-electron chi connectivity index (χ2n) is 3.68. The summed E-state index contributed by atoms with van der Waals surface area (Å²) in [6, 6.07) is 1.25. The molecule has 1 aliphatic heterocycles. The Kier molecular flexibility index (Phi) is 1.66. The highest BCUT2D eigenvalue weighted by molar-refractivity contribution is 4.91. The highest BCUT2D eigenvalue weighted by Crippen LogP contribution is 2.35. The Balaban J connectivity index is 1.84. The molecule has 0 bridgehead atoms. The molecule has 1 saturated carbocycles. The van der Waals surface area contributed by atoms with E-state index >= 15 is 0 Å². The summed E-state index contributed by atoms with van der Waals surface area (Å²) in [7, 11) is 0. The third-order valence-electron chi connectivity index (χ3n) is 2.67. The Labute approximate surface area is 62.2 Å². The van der Waals surface area contributed by atoms with Gasteiger partial charge in [-0.05, 0) is 38.1 Å². The Morgan fingerprint density at radius 1 is 1.20 bits per heavy atom. The van der Waals surface area contributed by atoms with Crippen molar-refractivity contribution in [2.45, 2.75) is 37.8 Å². The van der Waals surface area contributed by atoms with Crippen molar-refractivity contribution >= 4 is 0 Å². The lowest BCUT2D eigenvalue weighted by Gasteiger charge is -2.27. The Hall–Kier alpha value is -0.0800. The molecule has 0 aromatic heterocycles. The number of hydrogen-bond donors (Lipinski definition) is 2. The van der Waals surface area contributed by atoms with E-state index in [1.165, 1.54) is 25.7 Å². The van der Waals surface area contributed by atoms with E-state index < -0.39 is 0 Å². The quantitative estimate of drug-likeness (QED) is 0.556. The standard InChI is InChI=1S/C8H16N2/c9-7-3-4-10-8(5-7)6-1-2-6/h6-8,10H,1-5,9H2/t7-,8+/m1/s1. The van der Waals surface area contributed by atoms with Crippen LogP contribution in [0, 0.1) is 5.92 Å². The van der Waals surface area contributed by atoms with Crippen LogP contribution in [0.4, 0.5) is 0 Å². The van der Waals surface area contributed by atoms with Crippen molar-refractivity contribution in [3.63, 3.8) is 0 Å². The van der Waals surface area contributed by atoms with Crippen LogP contribution in [0.3, 0.4) is 0 Å². The van der Waals surface area contributed by atoms with Gasteiger partial charge in [0.05, 0.1) is 0 Å². The van der Waals surface area contributed by atoms with Crippen LogP contribution in [0.25, 0.3) is 0 Å². The zero-order valence-corrected chi connectivity index (χ0v) is 6.34. The van der Waals surface area contributed by atoms with Crippen LogP contribution < -0.4 is 11.1 Å². The summed E-state index contributed by atoms with van der Waals surface area (Å²) < 4.78 is 0. The molecule has 2 aliphatic rings. The van der Waals surface area contributed by atoms with Crippen LogP contribution in [0.5, 0.6) is 0 Å². The van der Waals surface area contributed by atoms with Gasteiger partial charge in [-0.3, -0.25) is 0 Å². The lowest BCUT2D eigenvalue weighted by Crippen LogP contribution is -2.44. The summed E-state index contributed by atoms with van der Waals surface area (Å²) >= 11 is 0. The van der Waals surface area contributed by atoms with Crippen LogP contribution in [-0.2, 0) is 0 Å². The van der Waals surface area contributed by atoms with E-state index in [0.717, 1.165) is 18.5 Å². The summed E-state index contributed by atoms with van der Waals surface area (Å²) in [5.41, 5.74) is 5.85. The van der Waals surface area contributed by atoms with E-state index in [-0.39, 0.29) is 0 Å². The Morgan fingerprint density at radius 3 is 2.60 bits per heavy atom. The van der Waals surface area contributed by atoms with Gasteiger partial charge in [0.25, 0.3) is 0 Å². The Morgan fingerprint density at radius 2 is 2.00 bits per heavy atom. The van der Waals surface area contributed by atoms with Crippen molar-refractivity contribution in [3.8, 4) is 0 Å². The summed E-state index contributed by atoms with van der Waals surface area (Å²) in [6.07, 6.45) is 5.25. The van der Waals surface area contributed by atoms with Gasteiger partial charge < -0.3 is 11.1 Å². The molecule has 0 spiro atoms. The maximum absolute atomic E-state index is 5.85. The first-order valence-electron chi connectivity index (χ1n) is 4.35. The number of hydrogen-bond acceptors (Lipinski definition) is 2. The van der Waals surface area contributed by atoms with Crippen LogP contribution in [0.15, 0.2) is 0 Å². The van der Waals surface area contributed by atoms with Gasteiger partial charge in [-0.2, -0.15) is 0 Å². The molecule has 10 heavy (non-hydrogen) atoms. The van der Waals surface area contributed by atoms with Gasteiger partial charge in [-0.1, -0.05) is 0 Å². The van der Waals surface area contributed by atoms with E-state index in [0.29, 0.717) is 6.04 Å². The summed E-state index contributed by atoms with van der Waals surface area (Å²) in [5.74, 6) is 0.978. The number of rotatable bonds is 1. The normalized spacial score (nSPS) is 41.7. The van der Waals surface area contributed by atoms with E-state index in [2.05, 4.69) is 5.32 Å². The third kappa shape index (κ3) is 1.32. The minimum absolute atomic E-state index is 0.479. The molecule has 58 valence electrons. The molecule has 2 atom stereocenters. The van der Waals surface area contributed by atoms with Crippen molar-refractivity contribution in [3.05, 3.63) is 0 Å². The molecule has 0 aromatic carbocycles. The summed E-state index contributed by atoms with van der Waals surface area (Å²) in [4.78, 5) is 0. The molecule has 1 saturated heterocycles. The molecule has 1 aliphatic carbocycles. The molecule has 0 aromatic rings. The fraction of sp³-hybridized carbons (Fsp3) is 1.00. The summed E-state index contributed by atoms with van der Waals surface area (Å²) in [5, 5.41) is 3.53. The largest absolute Gasteiger partial charge is 0.328 e.